The van der Waals surface area contributed by atoms with Crippen LogP contribution < -0.4 is 0 Å². The van der Waals surface area contributed by atoms with Crippen LogP contribution in [0.2, 0.25) is 0 Å². The number of carbonyl (C=O) groups is 1. The average molecular weight is 453 g/mol. The second-order valence-corrected chi connectivity index (χ2v) is 11.5. The number of fused-ring (bicyclic) bond motifs is 1. The average Bonchev–Trinajstić information content (AvgIpc) is 3.06. The molecule has 1 heterocycles. The number of aromatic nitrogens is 2. The zero-order chi connectivity index (χ0) is 23.7. The molecule has 0 saturated carbocycles. The molecule has 0 amide bonds. The van der Waals surface area contributed by atoms with E-state index in [0.29, 0.717) is 17.1 Å². The number of rotatable bonds is 7. The van der Waals surface area contributed by atoms with Crippen LogP contribution in [0.4, 0.5) is 0 Å². The molecule has 1 N–H and O–H groups in total. The maximum atomic E-state index is 13.3. The standard InChI is InChI=1S/C27H36N2O2S/c1-8-9-14-29-22-13-11-10-12-21(22)28-25(29)32-17-23(30)18-15-19(26(2,3)4)24(31)20(16-18)27(5,6)7/h10-13,15-16,31H,8-9,14,17H2,1-7H3. The number of thioether (sulfide) groups is 1. The van der Waals surface area contributed by atoms with Gasteiger partial charge in [0.1, 0.15) is 5.75 Å². The molecule has 172 valence electrons. The summed E-state index contributed by atoms with van der Waals surface area (Å²) in [6, 6.07) is 11.9. The fourth-order valence-corrected chi connectivity index (χ4v) is 4.78. The van der Waals surface area contributed by atoms with Gasteiger partial charge < -0.3 is 9.67 Å². The summed E-state index contributed by atoms with van der Waals surface area (Å²) in [6.45, 7) is 15.5. The van der Waals surface area contributed by atoms with Crippen LogP contribution in [0.25, 0.3) is 11.0 Å². The van der Waals surface area contributed by atoms with Crippen LogP contribution >= 0.6 is 11.8 Å². The highest BCUT2D eigenvalue weighted by Gasteiger charge is 2.28. The highest BCUT2D eigenvalue weighted by molar-refractivity contribution is 7.99. The minimum atomic E-state index is -0.262. The van der Waals surface area contributed by atoms with E-state index in [1.54, 1.807) is 0 Å². The van der Waals surface area contributed by atoms with Crippen molar-refractivity contribution in [2.45, 2.75) is 83.8 Å². The number of para-hydroxylation sites is 2. The van der Waals surface area contributed by atoms with Gasteiger partial charge in [-0.2, -0.15) is 0 Å². The van der Waals surface area contributed by atoms with E-state index in [1.807, 2.05) is 30.3 Å². The second kappa shape index (κ2) is 9.30. The number of unbranched alkanes of at least 4 members (excludes halogenated alkanes) is 1. The third kappa shape index (κ3) is 5.20. The van der Waals surface area contributed by atoms with Crippen molar-refractivity contribution in [3.8, 4) is 5.75 Å². The van der Waals surface area contributed by atoms with E-state index in [1.165, 1.54) is 11.8 Å². The number of benzene rings is 2. The van der Waals surface area contributed by atoms with E-state index in [-0.39, 0.29) is 16.6 Å². The van der Waals surface area contributed by atoms with Crippen molar-refractivity contribution < 1.29 is 9.90 Å². The van der Waals surface area contributed by atoms with Crippen molar-refractivity contribution in [1.82, 2.24) is 9.55 Å². The molecular weight excluding hydrogens is 416 g/mol. The fraction of sp³-hybridized carbons (Fsp3) is 0.481. The smallest absolute Gasteiger partial charge is 0.173 e. The lowest BCUT2D eigenvalue weighted by atomic mass is 9.78. The van der Waals surface area contributed by atoms with Crippen molar-refractivity contribution in [3.05, 3.63) is 53.1 Å². The van der Waals surface area contributed by atoms with E-state index >= 15 is 0 Å². The lowest BCUT2D eigenvalue weighted by molar-refractivity contribution is 0.102. The second-order valence-electron chi connectivity index (χ2n) is 10.5. The van der Waals surface area contributed by atoms with E-state index in [4.69, 9.17) is 4.98 Å². The predicted octanol–water partition coefficient (Wildman–Crippen LogP) is 7.11. The lowest BCUT2D eigenvalue weighted by Crippen LogP contribution is -2.19. The van der Waals surface area contributed by atoms with Crippen molar-refractivity contribution in [2.75, 3.05) is 5.75 Å². The number of imidazole rings is 1. The van der Waals surface area contributed by atoms with E-state index in [2.05, 4.69) is 59.1 Å². The van der Waals surface area contributed by atoms with Crippen LogP contribution in [0.15, 0.2) is 41.6 Å². The van der Waals surface area contributed by atoms with Gasteiger partial charge in [-0.25, -0.2) is 4.98 Å². The molecule has 5 heteroatoms. The van der Waals surface area contributed by atoms with Gasteiger partial charge in [0.2, 0.25) is 0 Å². The molecule has 0 radical (unpaired) electrons. The molecule has 0 unspecified atom stereocenters. The van der Waals surface area contributed by atoms with Gasteiger partial charge in [-0.15, -0.1) is 0 Å². The number of phenols is 1. The van der Waals surface area contributed by atoms with Gasteiger partial charge in [-0.1, -0.05) is 78.8 Å². The molecule has 0 aliphatic carbocycles. The Morgan fingerprint density at radius 3 is 2.19 bits per heavy atom. The lowest BCUT2D eigenvalue weighted by Gasteiger charge is -2.28. The molecule has 1 aromatic heterocycles. The quantitative estimate of drug-likeness (QED) is 0.306. The topological polar surface area (TPSA) is 55.1 Å². The van der Waals surface area contributed by atoms with Crippen molar-refractivity contribution in [1.29, 1.82) is 0 Å². The molecule has 0 aliphatic heterocycles. The maximum absolute atomic E-state index is 13.3. The zero-order valence-electron chi connectivity index (χ0n) is 20.5. The van der Waals surface area contributed by atoms with Crippen LogP contribution in [0.3, 0.4) is 0 Å². The van der Waals surface area contributed by atoms with E-state index < -0.39 is 0 Å². The molecule has 0 spiro atoms. The third-order valence-corrected chi connectivity index (χ3v) is 6.71. The summed E-state index contributed by atoms with van der Waals surface area (Å²) in [5, 5.41) is 11.8. The molecule has 0 aliphatic rings. The zero-order valence-corrected chi connectivity index (χ0v) is 21.3. The van der Waals surface area contributed by atoms with Gasteiger partial charge in [0, 0.05) is 23.2 Å². The van der Waals surface area contributed by atoms with Crippen LogP contribution in [-0.2, 0) is 17.4 Å². The fourth-order valence-electron chi connectivity index (χ4n) is 3.85. The van der Waals surface area contributed by atoms with Crippen LogP contribution in [0, 0.1) is 0 Å². The first kappa shape index (κ1) is 24.4. The molecular formula is C27H36N2O2S. The minimum Gasteiger partial charge on any atom is -0.507 e. The SMILES string of the molecule is CCCCn1c(SCC(=O)c2cc(C(C)(C)C)c(O)c(C(C)(C)C)c2)nc2ccccc21. The number of nitrogens with zero attached hydrogens (tertiary/aromatic N) is 2. The summed E-state index contributed by atoms with van der Waals surface area (Å²) >= 11 is 1.50. The number of carbonyl (C=O) groups excluding carboxylic acids is 1. The molecule has 3 rings (SSSR count). The molecule has 2 aromatic carbocycles. The first-order valence-electron chi connectivity index (χ1n) is 11.4. The molecule has 0 fully saturated rings. The molecule has 4 nitrogen and oxygen atoms in total. The third-order valence-electron chi connectivity index (χ3n) is 5.74. The number of hydrogen-bond donors (Lipinski definition) is 1. The van der Waals surface area contributed by atoms with Crippen molar-refractivity contribution in [3.63, 3.8) is 0 Å². The highest BCUT2D eigenvalue weighted by atomic mass is 32.2. The number of ketones is 1. The number of phenolic OH excluding ortho intramolecular Hbond substituents is 1. The Hall–Kier alpha value is -2.27. The molecule has 0 saturated heterocycles. The molecule has 0 atom stereocenters. The van der Waals surface area contributed by atoms with Gasteiger partial charge in [0.25, 0.3) is 0 Å². The number of aryl methyl sites for hydroxylation is 1. The summed E-state index contributed by atoms with van der Waals surface area (Å²) in [6.07, 6.45) is 2.18. The number of aromatic hydroxyl groups is 1. The van der Waals surface area contributed by atoms with Gasteiger partial charge in [-0.3, -0.25) is 4.79 Å². The minimum absolute atomic E-state index is 0.0556. The normalized spacial score (nSPS) is 12.5. The van der Waals surface area contributed by atoms with E-state index in [9.17, 15) is 9.90 Å². The van der Waals surface area contributed by atoms with Gasteiger partial charge in [0.05, 0.1) is 16.8 Å². The van der Waals surface area contributed by atoms with E-state index in [0.717, 1.165) is 46.7 Å². The molecule has 3 aromatic rings. The van der Waals surface area contributed by atoms with Crippen molar-refractivity contribution in [2.24, 2.45) is 0 Å². The molecule has 32 heavy (non-hydrogen) atoms. The summed E-state index contributed by atoms with van der Waals surface area (Å²) in [5.74, 6) is 0.670. The Bertz CT molecular complexity index is 1080. The van der Waals surface area contributed by atoms with Gasteiger partial charge in [0.15, 0.2) is 10.9 Å². The summed E-state index contributed by atoms with van der Waals surface area (Å²) < 4.78 is 2.23. The Morgan fingerprint density at radius 1 is 1.03 bits per heavy atom. The summed E-state index contributed by atoms with van der Waals surface area (Å²) in [5.41, 5.74) is 3.84. The highest BCUT2D eigenvalue weighted by Crippen LogP contribution is 2.40. The Labute approximate surface area is 196 Å². The number of hydrogen-bond acceptors (Lipinski definition) is 4. The van der Waals surface area contributed by atoms with Gasteiger partial charge in [-0.05, 0) is 41.5 Å². The van der Waals surface area contributed by atoms with Gasteiger partial charge >= 0.3 is 0 Å². The van der Waals surface area contributed by atoms with Crippen LogP contribution in [-0.4, -0.2) is 26.2 Å². The molecule has 0 bridgehead atoms. The van der Waals surface area contributed by atoms with Crippen LogP contribution in [0.5, 0.6) is 5.75 Å². The summed E-state index contributed by atoms with van der Waals surface area (Å²) in [7, 11) is 0. The largest absolute Gasteiger partial charge is 0.507 e. The Morgan fingerprint density at radius 2 is 1.62 bits per heavy atom. The monoisotopic (exact) mass is 452 g/mol. The predicted molar refractivity (Wildman–Crippen MR) is 135 cm³/mol. The summed E-state index contributed by atoms with van der Waals surface area (Å²) in [4.78, 5) is 18.1. The number of Topliss-reactive ketones (excluding diaryl/α,β-unsaturated/α-hetero) is 1. The Balaban J connectivity index is 1.93. The first-order chi connectivity index (χ1) is 14.9. The van der Waals surface area contributed by atoms with Crippen LogP contribution in [0.1, 0.15) is 82.8 Å². The van der Waals surface area contributed by atoms with Crippen molar-refractivity contribution >= 4 is 28.6 Å². The Kier molecular flexibility index (Phi) is 7.09. The first-order valence-corrected chi connectivity index (χ1v) is 12.4. The maximum Gasteiger partial charge on any atom is 0.173 e.